The van der Waals surface area contributed by atoms with E-state index in [4.69, 9.17) is 34.8 Å². The van der Waals surface area contributed by atoms with Crippen molar-refractivity contribution in [2.45, 2.75) is 56.2 Å². The van der Waals surface area contributed by atoms with Crippen molar-refractivity contribution in [1.29, 1.82) is 0 Å². The molecule has 32 heavy (non-hydrogen) atoms. The molecule has 2 fully saturated rings. The Morgan fingerprint density at radius 3 is 2.25 bits per heavy atom. The minimum absolute atomic E-state index is 0.0899. The van der Waals surface area contributed by atoms with Crippen LogP contribution in [0.15, 0.2) is 42.5 Å². The first-order chi connectivity index (χ1) is 15.3. The molecular weight excluding hydrogens is 487 g/mol. The van der Waals surface area contributed by atoms with Crippen LogP contribution < -0.4 is 9.62 Å². The smallest absolute Gasteiger partial charge is 0.214 e. The summed E-state index contributed by atoms with van der Waals surface area (Å²) in [5.74, 6) is 0.214. The molecule has 0 radical (unpaired) electrons. The quantitative estimate of drug-likeness (QED) is 0.457. The minimum atomic E-state index is -3.27. The lowest BCUT2D eigenvalue weighted by molar-refractivity contribution is 0.357. The SMILES string of the molecule is O=S(=O)(NC[C@@H]1CC[C@@H](c2ccc(Cl)cc2Cl)N(c2ccc(Cl)cc2)C1)C1CCCCC1. The number of piperidine rings is 1. The Hall–Kier alpha value is -0.980. The highest BCUT2D eigenvalue weighted by Crippen LogP contribution is 2.40. The summed E-state index contributed by atoms with van der Waals surface area (Å²) in [6, 6.07) is 13.5. The highest BCUT2D eigenvalue weighted by Gasteiger charge is 2.33. The maximum absolute atomic E-state index is 12.8. The van der Waals surface area contributed by atoms with Crippen LogP contribution in [-0.2, 0) is 10.0 Å². The van der Waals surface area contributed by atoms with Gasteiger partial charge in [0.1, 0.15) is 0 Å². The molecule has 0 amide bonds. The molecule has 2 aliphatic rings. The number of halogens is 3. The molecule has 2 aromatic carbocycles. The van der Waals surface area contributed by atoms with E-state index in [2.05, 4.69) is 9.62 Å². The molecular formula is C24H29Cl3N2O2S. The summed E-state index contributed by atoms with van der Waals surface area (Å²) >= 11 is 18.8. The van der Waals surface area contributed by atoms with Crippen LogP contribution >= 0.6 is 34.8 Å². The molecule has 4 rings (SSSR count). The fraction of sp³-hybridized carbons (Fsp3) is 0.500. The Labute approximate surface area is 206 Å². The standard InChI is InChI=1S/C24H29Cl3N2O2S/c25-18-7-10-20(11-8-18)29-16-17(15-28-32(30,31)21-4-2-1-3-5-21)6-13-24(29)22-12-9-19(26)14-23(22)27/h7-12,14,17,21,24,28H,1-6,13,15-16H2/t17-,24-/m0/s1. The van der Waals surface area contributed by atoms with Gasteiger partial charge in [0.05, 0.1) is 11.3 Å². The lowest BCUT2D eigenvalue weighted by Gasteiger charge is -2.42. The van der Waals surface area contributed by atoms with Gasteiger partial charge in [0.2, 0.25) is 10.0 Å². The molecule has 0 spiro atoms. The van der Waals surface area contributed by atoms with Gasteiger partial charge in [-0.2, -0.15) is 0 Å². The first kappa shape index (κ1) is 24.2. The molecule has 1 saturated carbocycles. The number of nitrogens with zero attached hydrogens (tertiary/aromatic N) is 1. The summed E-state index contributed by atoms with van der Waals surface area (Å²) in [5.41, 5.74) is 2.08. The average Bonchev–Trinajstić information content (AvgIpc) is 2.79. The van der Waals surface area contributed by atoms with E-state index in [0.29, 0.717) is 21.6 Å². The van der Waals surface area contributed by atoms with Crippen LogP contribution in [0.2, 0.25) is 15.1 Å². The van der Waals surface area contributed by atoms with Crippen LogP contribution in [0.5, 0.6) is 0 Å². The Bertz CT molecular complexity index is 1020. The summed E-state index contributed by atoms with van der Waals surface area (Å²) in [5, 5.41) is 1.71. The zero-order chi connectivity index (χ0) is 22.7. The van der Waals surface area contributed by atoms with Gasteiger partial charge >= 0.3 is 0 Å². The number of anilines is 1. The van der Waals surface area contributed by atoms with Gasteiger partial charge in [-0.05, 0) is 73.6 Å². The molecule has 0 unspecified atom stereocenters. The van der Waals surface area contributed by atoms with Crippen molar-refractivity contribution in [3.05, 3.63) is 63.1 Å². The molecule has 4 nitrogen and oxygen atoms in total. The number of rotatable bonds is 6. The van der Waals surface area contributed by atoms with Crippen molar-refractivity contribution in [1.82, 2.24) is 4.72 Å². The summed E-state index contributed by atoms with van der Waals surface area (Å²) in [6.45, 7) is 1.20. The summed E-state index contributed by atoms with van der Waals surface area (Å²) in [4.78, 5) is 2.31. The van der Waals surface area contributed by atoms with Crippen molar-refractivity contribution < 1.29 is 8.42 Å². The zero-order valence-corrected chi connectivity index (χ0v) is 21.0. The second-order valence-electron chi connectivity index (χ2n) is 8.91. The van der Waals surface area contributed by atoms with E-state index in [9.17, 15) is 8.42 Å². The van der Waals surface area contributed by atoms with Gasteiger partial charge < -0.3 is 4.90 Å². The third-order valence-electron chi connectivity index (χ3n) is 6.72. The Balaban J connectivity index is 1.51. The van der Waals surface area contributed by atoms with Crippen LogP contribution in [-0.4, -0.2) is 26.8 Å². The molecule has 174 valence electrons. The molecule has 2 atom stereocenters. The van der Waals surface area contributed by atoms with E-state index in [1.165, 1.54) is 0 Å². The highest BCUT2D eigenvalue weighted by atomic mass is 35.5. The Morgan fingerprint density at radius 1 is 0.875 bits per heavy atom. The molecule has 8 heteroatoms. The van der Waals surface area contributed by atoms with E-state index >= 15 is 0 Å². The van der Waals surface area contributed by atoms with E-state index in [1.807, 2.05) is 36.4 Å². The fourth-order valence-electron chi connectivity index (χ4n) is 4.95. The van der Waals surface area contributed by atoms with E-state index in [1.54, 1.807) is 6.07 Å². The van der Waals surface area contributed by atoms with Crippen molar-refractivity contribution in [2.24, 2.45) is 5.92 Å². The molecule has 1 N–H and O–H groups in total. The van der Waals surface area contributed by atoms with Gasteiger partial charge in [0, 0.05) is 33.8 Å². The third-order valence-corrected chi connectivity index (χ3v) is 9.46. The van der Waals surface area contributed by atoms with E-state index < -0.39 is 10.0 Å². The number of nitrogens with one attached hydrogen (secondary N) is 1. The predicted molar refractivity (Wildman–Crippen MR) is 135 cm³/mol. The molecule has 1 aliphatic carbocycles. The first-order valence-corrected chi connectivity index (χ1v) is 14.0. The number of hydrogen-bond acceptors (Lipinski definition) is 3. The molecule has 1 aliphatic heterocycles. The van der Waals surface area contributed by atoms with Crippen molar-refractivity contribution in [3.63, 3.8) is 0 Å². The van der Waals surface area contributed by atoms with Crippen LogP contribution in [0.25, 0.3) is 0 Å². The van der Waals surface area contributed by atoms with Crippen LogP contribution in [0, 0.1) is 5.92 Å². The van der Waals surface area contributed by atoms with Crippen LogP contribution in [0.4, 0.5) is 5.69 Å². The maximum Gasteiger partial charge on any atom is 0.214 e. The van der Waals surface area contributed by atoms with Crippen LogP contribution in [0.1, 0.15) is 56.6 Å². The van der Waals surface area contributed by atoms with E-state index in [0.717, 1.165) is 62.7 Å². The Morgan fingerprint density at radius 2 is 1.56 bits per heavy atom. The molecule has 1 saturated heterocycles. The first-order valence-electron chi connectivity index (χ1n) is 11.3. The topological polar surface area (TPSA) is 49.4 Å². The van der Waals surface area contributed by atoms with Crippen molar-refractivity contribution >= 4 is 50.5 Å². The lowest BCUT2D eigenvalue weighted by Crippen LogP contribution is -2.44. The summed E-state index contributed by atoms with van der Waals surface area (Å²) < 4.78 is 28.6. The highest BCUT2D eigenvalue weighted by molar-refractivity contribution is 7.90. The number of sulfonamides is 1. The summed E-state index contributed by atoms with van der Waals surface area (Å²) in [7, 11) is -3.27. The second-order valence-corrected chi connectivity index (χ2v) is 12.2. The molecule has 0 bridgehead atoms. The lowest BCUT2D eigenvalue weighted by atomic mass is 9.88. The summed E-state index contributed by atoms with van der Waals surface area (Å²) in [6.07, 6.45) is 6.48. The fourth-order valence-corrected chi connectivity index (χ4v) is 7.27. The normalized spacial score (nSPS) is 22.8. The largest absolute Gasteiger partial charge is 0.364 e. The van der Waals surface area contributed by atoms with Gasteiger partial charge in [-0.15, -0.1) is 0 Å². The van der Waals surface area contributed by atoms with Crippen LogP contribution in [0.3, 0.4) is 0 Å². The van der Waals surface area contributed by atoms with Crippen molar-refractivity contribution in [3.8, 4) is 0 Å². The molecule has 2 aromatic rings. The maximum atomic E-state index is 12.8. The van der Waals surface area contributed by atoms with Gasteiger partial charge in [-0.25, -0.2) is 13.1 Å². The number of hydrogen-bond donors (Lipinski definition) is 1. The van der Waals surface area contributed by atoms with Gasteiger partial charge in [0.25, 0.3) is 0 Å². The van der Waals surface area contributed by atoms with Gasteiger partial charge in [-0.3, -0.25) is 0 Å². The Kier molecular flexibility index (Phi) is 7.94. The van der Waals surface area contributed by atoms with Gasteiger partial charge in [0.15, 0.2) is 0 Å². The van der Waals surface area contributed by atoms with Gasteiger partial charge in [-0.1, -0.05) is 60.1 Å². The number of benzene rings is 2. The second kappa shape index (κ2) is 10.5. The minimum Gasteiger partial charge on any atom is -0.364 e. The third kappa shape index (κ3) is 5.74. The predicted octanol–water partition coefficient (Wildman–Crippen LogP) is 6.86. The van der Waals surface area contributed by atoms with Crippen molar-refractivity contribution in [2.75, 3.05) is 18.0 Å². The monoisotopic (exact) mass is 514 g/mol. The van der Waals surface area contributed by atoms with E-state index in [-0.39, 0.29) is 17.2 Å². The zero-order valence-electron chi connectivity index (χ0n) is 17.9. The molecule has 1 heterocycles. The molecule has 0 aromatic heterocycles. The average molecular weight is 516 g/mol.